The summed E-state index contributed by atoms with van der Waals surface area (Å²) in [5, 5.41) is 3.06. The van der Waals surface area contributed by atoms with Gasteiger partial charge in [0.15, 0.2) is 0 Å². The number of hydrogen-bond acceptors (Lipinski definition) is 3. The first-order valence-electron chi connectivity index (χ1n) is 9.53. The molecule has 1 fully saturated rings. The van der Waals surface area contributed by atoms with Crippen molar-refractivity contribution < 1.29 is 9.59 Å². The van der Waals surface area contributed by atoms with Gasteiger partial charge in [0.25, 0.3) is 5.91 Å². The molecule has 5 nitrogen and oxygen atoms in total. The first-order chi connectivity index (χ1) is 13.1. The van der Waals surface area contributed by atoms with E-state index in [4.69, 9.17) is 0 Å². The number of nitrogens with zero attached hydrogens (tertiary/aromatic N) is 2. The molecule has 1 atom stereocenters. The maximum absolute atomic E-state index is 13.0. The predicted octanol–water partition coefficient (Wildman–Crippen LogP) is 3.38. The summed E-state index contributed by atoms with van der Waals surface area (Å²) in [5.74, 6) is 0.108. The van der Waals surface area contributed by atoms with Gasteiger partial charge in [-0.1, -0.05) is 37.3 Å². The Labute approximate surface area is 161 Å². The number of rotatable bonds is 5. The minimum Gasteiger partial charge on any atom is -0.388 e. The molecule has 2 amide bonds. The number of hydrogen-bond donors (Lipinski definition) is 1. The first kappa shape index (κ1) is 19.0. The van der Waals surface area contributed by atoms with E-state index in [1.54, 1.807) is 0 Å². The summed E-state index contributed by atoms with van der Waals surface area (Å²) >= 11 is 0. The minimum absolute atomic E-state index is 0.00883. The van der Waals surface area contributed by atoms with Gasteiger partial charge >= 0.3 is 0 Å². The van der Waals surface area contributed by atoms with Crippen molar-refractivity contribution in [2.24, 2.45) is 0 Å². The maximum Gasteiger partial charge on any atom is 0.253 e. The Morgan fingerprint density at radius 2 is 1.81 bits per heavy atom. The van der Waals surface area contributed by atoms with Gasteiger partial charge in [-0.15, -0.1) is 0 Å². The molecule has 0 radical (unpaired) electrons. The molecule has 0 saturated carbocycles. The first-order valence-corrected chi connectivity index (χ1v) is 9.53. The van der Waals surface area contributed by atoms with Crippen molar-refractivity contribution in [1.82, 2.24) is 9.80 Å². The van der Waals surface area contributed by atoms with Gasteiger partial charge in [0.2, 0.25) is 5.91 Å². The lowest BCUT2D eigenvalue weighted by Gasteiger charge is -2.31. The zero-order valence-electron chi connectivity index (χ0n) is 16.0. The van der Waals surface area contributed by atoms with E-state index in [0.717, 1.165) is 17.7 Å². The van der Waals surface area contributed by atoms with Gasteiger partial charge in [-0.05, 0) is 36.2 Å². The van der Waals surface area contributed by atoms with Gasteiger partial charge in [0, 0.05) is 50.4 Å². The summed E-state index contributed by atoms with van der Waals surface area (Å²) in [7, 11) is 1.85. The van der Waals surface area contributed by atoms with E-state index in [1.807, 2.05) is 71.4 Å². The van der Waals surface area contributed by atoms with Crippen LogP contribution >= 0.6 is 0 Å². The molecule has 1 heterocycles. The Balaban J connectivity index is 1.76. The zero-order chi connectivity index (χ0) is 19.2. The monoisotopic (exact) mass is 365 g/mol. The number of nitrogens with one attached hydrogen (secondary N) is 1. The van der Waals surface area contributed by atoms with Gasteiger partial charge in [-0.3, -0.25) is 9.59 Å². The SMILES string of the molecule is CC[C@H]1CN(C(=O)c2ccc(NC)cc2)CCC(=O)N1Cc1ccccc1. The Morgan fingerprint density at radius 3 is 2.44 bits per heavy atom. The van der Waals surface area contributed by atoms with Gasteiger partial charge in [0.05, 0.1) is 0 Å². The minimum atomic E-state index is -0.00883. The molecule has 5 heteroatoms. The van der Waals surface area contributed by atoms with Crippen LogP contribution in [0.25, 0.3) is 0 Å². The Morgan fingerprint density at radius 1 is 1.11 bits per heavy atom. The quantitative estimate of drug-likeness (QED) is 0.884. The summed E-state index contributed by atoms with van der Waals surface area (Å²) in [6.45, 7) is 3.71. The van der Waals surface area contributed by atoms with Crippen molar-refractivity contribution in [1.29, 1.82) is 0 Å². The third-order valence-corrected chi connectivity index (χ3v) is 5.16. The van der Waals surface area contributed by atoms with Gasteiger partial charge in [-0.25, -0.2) is 0 Å². The zero-order valence-corrected chi connectivity index (χ0v) is 16.0. The lowest BCUT2D eigenvalue weighted by Crippen LogP contribution is -2.43. The molecule has 0 bridgehead atoms. The van der Waals surface area contributed by atoms with Crippen molar-refractivity contribution in [2.75, 3.05) is 25.5 Å². The number of carbonyl (C=O) groups excluding carboxylic acids is 2. The highest BCUT2D eigenvalue weighted by molar-refractivity contribution is 5.95. The van der Waals surface area contributed by atoms with Crippen LogP contribution in [0.15, 0.2) is 54.6 Å². The lowest BCUT2D eigenvalue weighted by molar-refractivity contribution is -0.133. The molecule has 3 rings (SSSR count). The van der Waals surface area contributed by atoms with Crippen LogP contribution in [0.2, 0.25) is 0 Å². The third kappa shape index (κ3) is 4.48. The van der Waals surface area contributed by atoms with Crippen molar-refractivity contribution in [3.8, 4) is 0 Å². The molecule has 1 saturated heterocycles. The molecule has 1 N–H and O–H groups in total. The Hall–Kier alpha value is -2.82. The van der Waals surface area contributed by atoms with Crippen LogP contribution < -0.4 is 5.32 Å². The molecule has 27 heavy (non-hydrogen) atoms. The fourth-order valence-corrected chi connectivity index (χ4v) is 3.52. The largest absolute Gasteiger partial charge is 0.388 e. The van der Waals surface area contributed by atoms with Gasteiger partial charge < -0.3 is 15.1 Å². The van der Waals surface area contributed by atoms with E-state index < -0.39 is 0 Å². The fourth-order valence-electron chi connectivity index (χ4n) is 3.52. The molecular weight excluding hydrogens is 338 g/mol. The molecule has 0 aliphatic carbocycles. The van der Waals surface area contributed by atoms with Crippen LogP contribution in [0, 0.1) is 0 Å². The van der Waals surface area contributed by atoms with Gasteiger partial charge in [-0.2, -0.15) is 0 Å². The Kier molecular flexibility index (Phi) is 6.12. The maximum atomic E-state index is 13.0. The molecule has 2 aromatic rings. The molecule has 2 aromatic carbocycles. The average molecular weight is 365 g/mol. The molecule has 0 unspecified atom stereocenters. The number of benzene rings is 2. The molecular formula is C22H27N3O2. The van der Waals surface area contributed by atoms with Crippen molar-refractivity contribution in [3.05, 3.63) is 65.7 Å². The van der Waals surface area contributed by atoms with Crippen LogP contribution in [0.3, 0.4) is 0 Å². The third-order valence-electron chi connectivity index (χ3n) is 5.16. The van der Waals surface area contributed by atoms with Crippen molar-refractivity contribution in [2.45, 2.75) is 32.4 Å². The standard InChI is InChI=1S/C22H27N3O2/c1-3-20-16-24(22(27)18-9-11-19(23-2)12-10-18)14-13-21(26)25(20)15-17-7-5-4-6-8-17/h4-12,20,23H,3,13-16H2,1-2H3/t20-/m0/s1. The second kappa shape index (κ2) is 8.71. The number of anilines is 1. The number of amides is 2. The topological polar surface area (TPSA) is 52.7 Å². The average Bonchev–Trinajstić information content (AvgIpc) is 2.87. The van der Waals surface area contributed by atoms with E-state index >= 15 is 0 Å². The van der Waals surface area contributed by atoms with E-state index in [9.17, 15) is 9.59 Å². The summed E-state index contributed by atoms with van der Waals surface area (Å²) in [6, 6.07) is 17.5. The van der Waals surface area contributed by atoms with Crippen LogP contribution in [0.1, 0.15) is 35.7 Å². The number of carbonyl (C=O) groups is 2. The second-order valence-electron chi connectivity index (χ2n) is 6.90. The van der Waals surface area contributed by atoms with Crippen LogP contribution in [-0.4, -0.2) is 47.8 Å². The molecule has 1 aliphatic heterocycles. The van der Waals surface area contributed by atoms with Crippen LogP contribution in [-0.2, 0) is 11.3 Å². The normalized spacial score (nSPS) is 17.6. The van der Waals surface area contributed by atoms with Crippen LogP contribution in [0.4, 0.5) is 5.69 Å². The van der Waals surface area contributed by atoms with Crippen LogP contribution in [0.5, 0.6) is 0 Å². The summed E-state index contributed by atoms with van der Waals surface area (Å²) in [4.78, 5) is 29.5. The molecule has 0 aromatic heterocycles. The highest BCUT2D eigenvalue weighted by Gasteiger charge is 2.31. The summed E-state index contributed by atoms with van der Waals surface area (Å²) in [6.07, 6.45) is 1.19. The smallest absolute Gasteiger partial charge is 0.253 e. The predicted molar refractivity (Wildman–Crippen MR) is 108 cm³/mol. The van der Waals surface area contributed by atoms with E-state index in [1.165, 1.54) is 0 Å². The van der Waals surface area contributed by atoms with Gasteiger partial charge in [0.1, 0.15) is 0 Å². The highest BCUT2D eigenvalue weighted by Crippen LogP contribution is 2.20. The van der Waals surface area contributed by atoms with E-state index in [0.29, 0.717) is 31.6 Å². The van der Waals surface area contributed by atoms with Crippen molar-refractivity contribution in [3.63, 3.8) is 0 Å². The fraction of sp³-hybridized carbons (Fsp3) is 0.364. The molecule has 1 aliphatic rings. The highest BCUT2D eigenvalue weighted by atomic mass is 16.2. The summed E-state index contributed by atoms with van der Waals surface area (Å²) < 4.78 is 0. The van der Waals surface area contributed by atoms with E-state index in [2.05, 4.69) is 12.2 Å². The molecule has 0 spiro atoms. The lowest BCUT2D eigenvalue weighted by atomic mass is 10.1. The Bertz CT molecular complexity index is 774. The van der Waals surface area contributed by atoms with E-state index in [-0.39, 0.29) is 17.9 Å². The second-order valence-corrected chi connectivity index (χ2v) is 6.90. The van der Waals surface area contributed by atoms with Crippen molar-refractivity contribution >= 4 is 17.5 Å². The summed E-state index contributed by atoms with van der Waals surface area (Å²) in [5.41, 5.74) is 2.75. The molecule has 142 valence electrons.